The third-order valence-corrected chi connectivity index (χ3v) is 4.22. The van der Waals surface area contributed by atoms with Crippen LogP contribution >= 0.6 is 15.9 Å². The minimum Gasteiger partial charge on any atom is -0.496 e. The van der Waals surface area contributed by atoms with Crippen LogP contribution in [0.1, 0.15) is 24.0 Å². The Balaban J connectivity index is 2.44. The van der Waals surface area contributed by atoms with Crippen LogP contribution in [0.25, 0.3) is 0 Å². The van der Waals surface area contributed by atoms with Gasteiger partial charge in [-0.05, 0) is 41.8 Å². The lowest BCUT2D eigenvalue weighted by Gasteiger charge is -2.17. The molecule has 1 aromatic carbocycles. The van der Waals surface area contributed by atoms with Gasteiger partial charge in [0.15, 0.2) is 0 Å². The monoisotopic (exact) mass is 300 g/mol. The van der Waals surface area contributed by atoms with E-state index in [4.69, 9.17) is 9.47 Å². The fourth-order valence-corrected chi connectivity index (χ4v) is 2.60. The minimum atomic E-state index is -0.535. The average molecular weight is 301 g/mol. The van der Waals surface area contributed by atoms with E-state index >= 15 is 0 Å². The summed E-state index contributed by atoms with van der Waals surface area (Å²) in [7, 11) is 3.29. The van der Waals surface area contributed by atoms with E-state index in [0.29, 0.717) is 6.42 Å². The van der Waals surface area contributed by atoms with E-state index in [1.807, 2.05) is 13.0 Å². The normalized spacial score (nSPS) is 16.8. The van der Waals surface area contributed by atoms with E-state index in [2.05, 4.69) is 15.9 Å². The zero-order valence-electron chi connectivity index (χ0n) is 10.3. The van der Waals surface area contributed by atoms with Crippen molar-refractivity contribution in [2.45, 2.75) is 31.8 Å². The van der Waals surface area contributed by atoms with Crippen LogP contribution in [0.3, 0.4) is 0 Å². The minimum absolute atomic E-state index is 0.535. The molecule has 1 N–H and O–H groups in total. The van der Waals surface area contributed by atoms with Gasteiger partial charge in [0.2, 0.25) is 0 Å². The molecule has 0 radical (unpaired) electrons. The van der Waals surface area contributed by atoms with Gasteiger partial charge < -0.3 is 14.6 Å². The molecule has 17 heavy (non-hydrogen) atoms. The Morgan fingerprint density at radius 3 is 2.47 bits per heavy atom. The maximum Gasteiger partial charge on any atom is 0.136 e. The smallest absolute Gasteiger partial charge is 0.136 e. The molecule has 1 fully saturated rings. The number of halogens is 1. The number of hydrogen-bond donors (Lipinski definition) is 1. The quantitative estimate of drug-likeness (QED) is 0.929. The Bertz CT molecular complexity index is 439. The summed E-state index contributed by atoms with van der Waals surface area (Å²) in [6, 6.07) is 1.95. The van der Waals surface area contributed by atoms with Crippen molar-refractivity contribution in [3.63, 3.8) is 0 Å². The lowest BCUT2D eigenvalue weighted by Crippen LogP contribution is -2.12. The molecule has 0 heterocycles. The van der Waals surface area contributed by atoms with Gasteiger partial charge in [-0.1, -0.05) is 0 Å². The Morgan fingerprint density at radius 2 is 2.00 bits per heavy atom. The van der Waals surface area contributed by atoms with Crippen LogP contribution in [0.4, 0.5) is 0 Å². The summed E-state index contributed by atoms with van der Waals surface area (Å²) >= 11 is 3.52. The maximum absolute atomic E-state index is 10.0. The van der Waals surface area contributed by atoms with Crippen LogP contribution < -0.4 is 9.47 Å². The third kappa shape index (κ3) is 2.43. The predicted molar refractivity (Wildman–Crippen MR) is 69.9 cm³/mol. The molecular weight excluding hydrogens is 284 g/mol. The van der Waals surface area contributed by atoms with E-state index < -0.39 is 5.60 Å². The molecule has 0 aliphatic heterocycles. The van der Waals surface area contributed by atoms with Crippen LogP contribution in [-0.2, 0) is 6.42 Å². The van der Waals surface area contributed by atoms with Crippen LogP contribution in [-0.4, -0.2) is 24.9 Å². The Kier molecular flexibility index (Phi) is 3.36. The van der Waals surface area contributed by atoms with Gasteiger partial charge in [0, 0.05) is 17.5 Å². The summed E-state index contributed by atoms with van der Waals surface area (Å²) in [6.07, 6.45) is 2.35. The average Bonchev–Trinajstić information content (AvgIpc) is 3.02. The molecule has 3 nitrogen and oxygen atoms in total. The van der Waals surface area contributed by atoms with Gasteiger partial charge in [-0.25, -0.2) is 0 Å². The molecule has 0 unspecified atom stereocenters. The van der Waals surface area contributed by atoms with E-state index in [1.165, 1.54) is 0 Å². The molecule has 0 amide bonds. The topological polar surface area (TPSA) is 38.7 Å². The van der Waals surface area contributed by atoms with Crippen molar-refractivity contribution >= 4 is 15.9 Å². The van der Waals surface area contributed by atoms with Crippen LogP contribution in [0.15, 0.2) is 10.5 Å². The summed E-state index contributed by atoms with van der Waals surface area (Å²) in [5, 5.41) is 10.0. The zero-order valence-corrected chi connectivity index (χ0v) is 11.9. The highest BCUT2D eigenvalue weighted by atomic mass is 79.9. The lowest BCUT2D eigenvalue weighted by molar-refractivity contribution is 0.150. The van der Waals surface area contributed by atoms with E-state index in [0.717, 1.165) is 39.9 Å². The second-order valence-electron chi connectivity index (χ2n) is 4.61. The molecule has 94 valence electrons. The van der Waals surface area contributed by atoms with Crippen molar-refractivity contribution in [2.24, 2.45) is 0 Å². The number of benzene rings is 1. The van der Waals surface area contributed by atoms with Gasteiger partial charge in [-0.3, -0.25) is 0 Å². The number of hydrogen-bond acceptors (Lipinski definition) is 3. The Morgan fingerprint density at radius 1 is 1.35 bits per heavy atom. The number of rotatable bonds is 4. The summed E-state index contributed by atoms with van der Waals surface area (Å²) in [5.74, 6) is 1.61. The van der Waals surface area contributed by atoms with E-state index in [-0.39, 0.29) is 0 Å². The first-order valence-electron chi connectivity index (χ1n) is 5.63. The van der Waals surface area contributed by atoms with Crippen molar-refractivity contribution in [1.29, 1.82) is 0 Å². The fourth-order valence-electron chi connectivity index (χ4n) is 1.99. The first-order chi connectivity index (χ1) is 8.00. The maximum atomic E-state index is 10.0. The number of methoxy groups -OCH3 is 2. The number of ether oxygens (including phenoxy) is 2. The van der Waals surface area contributed by atoms with Gasteiger partial charge in [-0.15, -0.1) is 0 Å². The van der Waals surface area contributed by atoms with Gasteiger partial charge >= 0.3 is 0 Å². The summed E-state index contributed by atoms with van der Waals surface area (Å²) in [6.45, 7) is 1.97. The Hall–Kier alpha value is -0.740. The summed E-state index contributed by atoms with van der Waals surface area (Å²) < 4.78 is 11.7. The molecule has 1 aliphatic rings. The second kappa shape index (κ2) is 4.50. The molecule has 0 aromatic heterocycles. The van der Waals surface area contributed by atoms with Gasteiger partial charge in [0.25, 0.3) is 0 Å². The molecule has 0 bridgehead atoms. The highest BCUT2D eigenvalue weighted by Crippen LogP contribution is 2.44. The van der Waals surface area contributed by atoms with Gasteiger partial charge in [0.05, 0.1) is 24.3 Å². The van der Waals surface area contributed by atoms with E-state index in [1.54, 1.807) is 14.2 Å². The van der Waals surface area contributed by atoms with Crippen molar-refractivity contribution in [3.05, 3.63) is 21.7 Å². The molecule has 4 heteroatoms. The van der Waals surface area contributed by atoms with E-state index in [9.17, 15) is 5.11 Å². The molecule has 0 saturated heterocycles. The van der Waals surface area contributed by atoms with Crippen molar-refractivity contribution in [2.75, 3.05) is 14.2 Å². The number of aliphatic hydroxyl groups is 1. The molecule has 1 aliphatic carbocycles. The molecule has 0 atom stereocenters. The van der Waals surface area contributed by atoms with Gasteiger partial charge in [0.1, 0.15) is 11.5 Å². The van der Waals surface area contributed by atoms with Crippen LogP contribution in [0, 0.1) is 6.92 Å². The lowest BCUT2D eigenvalue weighted by atomic mass is 10.0. The standard InChI is InChI=1S/C13H17BrO3/c1-8-10(16-2)6-9(7-13(15)4-5-13)12(17-3)11(8)14/h6,15H,4-5,7H2,1-3H3. The van der Waals surface area contributed by atoms with Crippen molar-refractivity contribution in [1.82, 2.24) is 0 Å². The van der Waals surface area contributed by atoms with Crippen LogP contribution in [0.2, 0.25) is 0 Å². The first kappa shape index (κ1) is 12.7. The van der Waals surface area contributed by atoms with Crippen molar-refractivity contribution in [3.8, 4) is 11.5 Å². The largest absolute Gasteiger partial charge is 0.496 e. The fraction of sp³-hybridized carbons (Fsp3) is 0.538. The van der Waals surface area contributed by atoms with Crippen LogP contribution in [0.5, 0.6) is 11.5 Å². The SMILES string of the molecule is COc1cc(CC2(O)CC2)c(OC)c(Br)c1C. The highest BCUT2D eigenvalue weighted by molar-refractivity contribution is 9.10. The van der Waals surface area contributed by atoms with Crippen molar-refractivity contribution < 1.29 is 14.6 Å². The zero-order chi connectivity index (χ0) is 12.6. The highest BCUT2D eigenvalue weighted by Gasteiger charge is 2.41. The van der Waals surface area contributed by atoms with Gasteiger partial charge in [-0.2, -0.15) is 0 Å². The summed E-state index contributed by atoms with van der Waals surface area (Å²) in [5.41, 5.74) is 1.46. The summed E-state index contributed by atoms with van der Waals surface area (Å²) in [4.78, 5) is 0. The molecule has 2 rings (SSSR count). The predicted octanol–water partition coefficient (Wildman–Crippen LogP) is 2.84. The third-order valence-electron chi connectivity index (χ3n) is 3.27. The second-order valence-corrected chi connectivity index (χ2v) is 5.40. The molecule has 1 saturated carbocycles. The molecule has 0 spiro atoms. The molecular formula is C13H17BrO3. The molecule has 1 aromatic rings. The Labute approximate surface area is 110 Å². The first-order valence-corrected chi connectivity index (χ1v) is 6.42.